The van der Waals surface area contributed by atoms with E-state index in [1.165, 1.54) is 36.9 Å². The van der Waals surface area contributed by atoms with Gasteiger partial charge in [-0.25, -0.2) is 0 Å². The van der Waals surface area contributed by atoms with Crippen molar-refractivity contribution in [3.8, 4) is 0 Å². The Balaban J connectivity index is 2.23. The van der Waals surface area contributed by atoms with Crippen LogP contribution in [0.4, 0.5) is 5.69 Å². The van der Waals surface area contributed by atoms with Crippen LogP contribution in [-0.4, -0.2) is 18.1 Å². The number of aryl methyl sites for hydroxylation is 1. The third kappa shape index (κ3) is 3.32. The molecule has 2 N–H and O–H groups in total. The van der Waals surface area contributed by atoms with Gasteiger partial charge in [-0.1, -0.05) is 32.1 Å². The number of rotatable bonds is 3. The smallest absolute Gasteiger partial charge is 0.106 e. The van der Waals surface area contributed by atoms with Crippen LogP contribution in [0.3, 0.4) is 0 Å². The number of nitrogens with zero attached hydrogens (tertiary/aromatic N) is 1. The van der Waals surface area contributed by atoms with Crippen molar-refractivity contribution in [2.24, 2.45) is 11.1 Å². The zero-order valence-corrected chi connectivity index (χ0v) is 13.9. The van der Waals surface area contributed by atoms with E-state index in [1.54, 1.807) is 0 Å². The fourth-order valence-electron chi connectivity index (χ4n) is 3.11. The molecule has 110 valence electrons. The van der Waals surface area contributed by atoms with Gasteiger partial charge in [0.05, 0.1) is 0 Å². The lowest BCUT2D eigenvalue weighted by molar-refractivity contribution is 0.222. The van der Waals surface area contributed by atoms with E-state index < -0.39 is 0 Å². The third-order valence-electron chi connectivity index (χ3n) is 4.66. The summed E-state index contributed by atoms with van der Waals surface area (Å²) in [5.74, 6) is 0. The summed E-state index contributed by atoms with van der Waals surface area (Å²) in [7, 11) is 2.18. The molecule has 1 aliphatic rings. The predicted molar refractivity (Wildman–Crippen MR) is 91.5 cm³/mol. The summed E-state index contributed by atoms with van der Waals surface area (Å²) >= 11 is 5.20. The van der Waals surface area contributed by atoms with Gasteiger partial charge in [0, 0.05) is 24.3 Å². The molecule has 2 nitrogen and oxygen atoms in total. The number of hydrogen-bond acceptors (Lipinski definition) is 2. The van der Waals surface area contributed by atoms with Crippen molar-refractivity contribution in [3.63, 3.8) is 0 Å². The molecule has 0 atom stereocenters. The highest BCUT2D eigenvalue weighted by Gasteiger charge is 2.29. The zero-order chi connectivity index (χ0) is 14.9. The van der Waals surface area contributed by atoms with Crippen LogP contribution in [0.2, 0.25) is 0 Å². The van der Waals surface area contributed by atoms with Crippen molar-refractivity contribution >= 4 is 22.9 Å². The summed E-state index contributed by atoms with van der Waals surface area (Å²) in [6.45, 7) is 6.86. The number of benzene rings is 1. The summed E-state index contributed by atoms with van der Waals surface area (Å²) < 4.78 is 0. The Hall–Kier alpha value is -1.09. The molecule has 0 spiro atoms. The Bertz CT molecular complexity index is 498. The van der Waals surface area contributed by atoms with Crippen molar-refractivity contribution < 1.29 is 0 Å². The van der Waals surface area contributed by atoms with Crippen LogP contribution >= 0.6 is 12.2 Å². The minimum Gasteiger partial charge on any atom is -0.389 e. The first-order chi connectivity index (χ1) is 9.30. The fraction of sp³-hybridized carbons (Fsp3) is 0.588. The molecule has 1 fully saturated rings. The lowest BCUT2D eigenvalue weighted by Gasteiger charge is -2.40. The van der Waals surface area contributed by atoms with Gasteiger partial charge in [0.1, 0.15) is 4.99 Å². The molecular formula is C17H26N2S. The molecule has 0 unspecified atom stereocenters. The second kappa shape index (κ2) is 5.72. The van der Waals surface area contributed by atoms with Crippen LogP contribution in [0.1, 0.15) is 50.7 Å². The number of nitrogens with two attached hydrogens (primary N) is 1. The number of anilines is 1. The van der Waals surface area contributed by atoms with E-state index in [0.29, 0.717) is 16.4 Å². The van der Waals surface area contributed by atoms with Crippen molar-refractivity contribution in [1.82, 2.24) is 0 Å². The average molecular weight is 290 g/mol. The molecule has 20 heavy (non-hydrogen) atoms. The molecule has 0 aliphatic heterocycles. The third-order valence-corrected chi connectivity index (χ3v) is 4.87. The van der Waals surface area contributed by atoms with Crippen molar-refractivity contribution in [1.29, 1.82) is 0 Å². The normalized spacial score (nSPS) is 18.8. The largest absolute Gasteiger partial charge is 0.389 e. The lowest BCUT2D eigenvalue weighted by atomic mass is 9.75. The van der Waals surface area contributed by atoms with E-state index in [1.807, 2.05) is 0 Å². The number of thiocarbonyl (C=S) groups is 1. The number of hydrogen-bond donors (Lipinski definition) is 1. The highest BCUT2D eigenvalue weighted by atomic mass is 32.1. The summed E-state index contributed by atoms with van der Waals surface area (Å²) in [5.41, 5.74) is 9.81. The SMILES string of the molecule is Cc1ccc(C(N)=S)c(N(C)C2CCC(C)(C)CC2)c1. The molecule has 1 aliphatic carbocycles. The monoisotopic (exact) mass is 290 g/mol. The Morgan fingerprint density at radius 2 is 1.90 bits per heavy atom. The average Bonchev–Trinajstić information content (AvgIpc) is 2.37. The molecule has 0 saturated heterocycles. The van der Waals surface area contributed by atoms with E-state index in [2.05, 4.69) is 50.9 Å². The topological polar surface area (TPSA) is 29.3 Å². The minimum absolute atomic E-state index is 0.489. The molecule has 0 heterocycles. The molecule has 1 saturated carbocycles. The maximum absolute atomic E-state index is 5.88. The highest BCUT2D eigenvalue weighted by Crippen LogP contribution is 2.38. The summed E-state index contributed by atoms with van der Waals surface area (Å²) in [5, 5.41) is 0. The molecule has 3 heteroatoms. The molecule has 1 aromatic rings. The molecule has 1 aromatic carbocycles. The zero-order valence-electron chi connectivity index (χ0n) is 13.1. The minimum atomic E-state index is 0.489. The molecule has 0 amide bonds. The maximum Gasteiger partial charge on any atom is 0.106 e. The summed E-state index contributed by atoms with van der Waals surface area (Å²) in [6, 6.07) is 6.93. The Kier molecular flexibility index (Phi) is 4.38. The predicted octanol–water partition coefficient (Wildman–Crippen LogP) is 4.03. The van der Waals surface area contributed by atoms with E-state index in [4.69, 9.17) is 18.0 Å². The van der Waals surface area contributed by atoms with Crippen LogP contribution in [0, 0.1) is 12.3 Å². The molecular weight excluding hydrogens is 264 g/mol. The summed E-state index contributed by atoms with van der Waals surface area (Å²) in [4.78, 5) is 2.87. The molecule has 0 bridgehead atoms. The van der Waals surface area contributed by atoms with Crippen molar-refractivity contribution in [2.75, 3.05) is 11.9 Å². The Labute approximate surface area is 128 Å². The van der Waals surface area contributed by atoms with E-state index in [9.17, 15) is 0 Å². The second-order valence-corrected chi connectivity index (χ2v) is 7.33. The van der Waals surface area contributed by atoms with Gasteiger partial charge in [0.15, 0.2) is 0 Å². The lowest BCUT2D eigenvalue weighted by Crippen LogP contribution is -2.38. The summed E-state index contributed by atoms with van der Waals surface area (Å²) in [6.07, 6.45) is 5.06. The van der Waals surface area contributed by atoms with Gasteiger partial charge in [-0.15, -0.1) is 0 Å². The first-order valence-electron chi connectivity index (χ1n) is 7.43. The fourth-order valence-corrected chi connectivity index (χ4v) is 3.28. The molecule has 0 aromatic heterocycles. The Morgan fingerprint density at radius 3 is 2.45 bits per heavy atom. The highest BCUT2D eigenvalue weighted by molar-refractivity contribution is 7.80. The first-order valence-corrected chi connectivity index (χ1v) is 7.84. The van der Waals surface area contributed by atoms with Crippen LogP contribution < -0.4 is 10.6 Å². The van der Waals surface area contributed by atoms with Crippen LogP contribution in [0.15, 0.2) is 18.2 Å². The van der Waals surface area contributed by atoms with E-state index in [0.717, 1.165) is 5.56 Å². The molecule has 2 rings (SSSR count). The van der Waals surface area contributed by atoms with Crippen molar-refractivity contribution in [2.45, 2.75) is 52.5 Å². The molecule has 0 radical (unpaired) electrons. The van der Waals surface area contributed by atoms with Gasteiger partial charge in [-0.2, -0.15) is 0 Å². The standard InChI is InChI=1S/C17H26N2S/c1-12-5-6-14(16(18)20)15(11-12)19(4)13-7-9-17(2,3)10-8-13/h5-6,11,13H,7-10H2,1-4H3,(H2,18,20). The maximum atomic E-state index is 5.88. The van der Waals surface area contributed by atoms with Gasteiger partial charge in [-0.05, 0) is 55.7 Å². The first kappa shape index (κ1) is 15.3. The Morgan fingerprint density at radius 1 is 1.30 bits per heavy atom. The van der Waals surface area contributed by atoms with Crippen LogP contribution in [-0.2, 0) is 0 Å². The van der Waals surface area contributed by atoms with Gasteiger partial charge in [0.25, 0.3) is 0 Å². The van der Waals surface area contributed by atoms with E-state index >= 15 is 0 Å². The second-order valence-electron chi connectivity index (χ2n) is 6.89. The van der Waals surface area contributed by atoms with Crippen LogP contribution in [0.5, 0.6) is 0 Å². The van der Waals surface area contributed by atoms with Crippen molar-refractivity contribution in [3.05, 3.63) is 29.3 Å². The van der Waals surface area contributed by atoms with Crippen LogP contribution in [0.25, 0.3) is 0 Å². The van der Waals surface area contributed by atoms with Gasteiger partial charge in [0.2, 0.25) is 0 Å². The van der Waals surface area contributed by atoms with Gasteiger partial charge in [-0.3, -0.25) is 0 Å². The quantitative estimate of drug-likeness (QED) is 0.852. The van der Waals surface area contributed by atoms with Gasteiger partial charge < -0.3 is 10.6 Å². The van der Waals surface area contributed by atoms with E-state index in [-0.39, 0.29) is 0 Å². The van der Waals surface area contributed by atoms with Gasteiger partial charge >= 0.3 is 0 Å².